The van der Waals surface area contributed by atoms with Crippen LogP contribution in [0.3, 0.4) is 0 Å². The van der Waals surface area contributed by atoms with Crippen molar-refractivity contribution in [3.63, 3.8) is 0 Å². The molecule has 0 aliphatic heterocycles. The molecule has 0 bridgehead atoms. The number of hydrogen-bond acceptors (Lipinski definition) is 3. The second-order valence-electron chi connectivity index (χ2n) is 3.36. The van der Waals surface area contributed by atoms with Crippen molar-refractivity contribution >= 4 is 49.3 Å². The molecule has 18 heavy (non-hydrogen) atoms. The molecular formula is C11H6Br2F2N2S. The highest BCUT2D eigenvalue weighted by atomic mass is 79.9. The van der Waals surface area contributed by atoms with Gasteiger partial charge < -0.3 is 5.73 Å². The Kier molecular flexibility index (Phi) is 4.24. The van der Waals surface area contributed by atoms with Crippen LogP contribution < -0.4 is 5.73 Å². The monoisotopic (exact) mass is 394 g/mol. The van der Waals surface area contributed by atoms with Crippen LogP contribution in [0.25, 0.3) is 0 Å². The SMILES string of the molecule is Nc1cc(F)c(Sc2ncc(Br)cc2Br)c(F)c1. The maximum atomic E-state index is 13.6. The van der Waals surface area contributed by atoms with Gasteiger partial charge >= 0.3 is 0 Å². The van der Waals surface area contributed by atoms with E-state index in [2.05, 4.69) is 36.8 Å². The molecule has 1 heterocycles. The zero-order chi connectivity index (χ0) is 13.3. The lowest BCUT2D eigenvalue weighted by atomic mass is 10.3. The number of anilines is 1. The van der Waals surface area contributed by atoms with Gasteiger partial charge in [-0.15, -0.1) is 0 Å². The maximum Gasteiger partial charge on any atom is 0.142 e. The predicted octanol–water partition coefficient (Wildman–Crippen LogP) is 4.62. The Labute approximate surface area is 123 Å². The van der Waals surface area contributed by atoms with Crippen LogP contribution in [-0.2, 0) is 0 Å². The van der Waals surface area contributed by atoms with E-state index in [1.54, 1.807) is 12.3 Å². The van der Waals surface area contributed by atoms with Crippen molar-refractivity contribution in [2.24, 2.45) is 0 Å². The molecule has 2 aromatic rings. The Morgan fingerprint density at radius 2 is 1.72 bits per heavy atom. The number of hydrogen-bond donors (Lipinski definition) is 1. The first kappa shape index (κ1) is 13.8. The van der Waals surface area contributed by atoms with Gasteiger partial charge in [0, 0.05) is 16.4 Å². The number of halogens is 4. The quantitative estimate of drug-likeness (QED) is 0.754. The Balaban J connectivity index is 2.40. The Morgan fingerprint density at radius 3 is 2.28 bits per heavy atom. The Bertz CT molecular complexity index is 585. The van der Waals surface area contributed by atoms with Gasteiger partial charge in [0.2, 0.25) is 0 Å². The number of aromatic nitrogens is 1. The van der Waals surface area contributed by atoms with Crippen molar-refractivity contribution in [2.75, 3.05) is 5.73 Å². The van der Waals surface area contributed by atoms with Crippen LogP contribution in [0, 0.1) is 11.6 Å². The highest BCUT2D eigenvalue weighted by Gasteiger charge is 2.14. The van der Waals surface area contributed by atoms with Crippen molar-refractivity contribution in [1.29, 1.82) is 0 Å². The fraction of sp³-hybridized carbons (Fsp3) is 0. The molecule has 0 amide bonds. The third-order valence-electron chi connectivity index (χ3n) is 1.99. The molecule has 1 aromatic carbocycles. The smallest absolute Gasteiger partial charge is 0.142 e. The average molecular weight is 396 g/mol. The summed E-state index contributed by atoms with van der Waals surface area (Å²) in [5.74, 6) is -1.40. The molecule has 0 unspecified atom stereocenters. The number of benzene rings is 1. The molecule has 94 valence electrons. The van der Waals surface area contributed by atoms with Crippen molar-refractivity contribution < 1.29 is 8.78 Å². The summed E-state index contributed by atoms with van der Waals surface area (Å²) in [4.78, 5) is 3.96. The summed E-state index contributed by atoms with van der Waals surface area (Å²) in [6, 6.07) is 3.92. The third-order valence-corrected chi connectivity index (χ3v) is 4.41. The van der Waals surface area contributed by atoms with Gasteiger partial charge in [0.25, 0.3) is 0 Å². The fourth-order valence-electron chi connectivity index (χ4n) is 1.25. The highest BCUT2D eigenvalue weighted by Crippen LogP contribution is 2.36. The van der Waals surface area contributed by atoms with E-state index in [-0.39, 0.29) is 10.6 Å². The van der Waals surface area contributed by atoms with E-state index < -0.39 is 11.6 Å². The molecular weight excluding hydrogens is 390 g/mol. The van der Waals surface area contributed by atoms with Gasteiger partial charge in [-0.25, -0.2) is 13.8 Å². The van der Waals surface area contributed by atoms with Gasteiger partial charge in [0.05, 0.1) is 9.37 Å². The molecule has 1 aromatic heterocycles. The van der Waals surface area contributed by atoms with Crippen molar-refractivity contribution in [1.82, 2.24) is 4.98 Å². The lowest BCUT2D eigenvalue weighted by Gasteiger charge is -2.07. The molecule has 2 rings (SSSR count). The number of rotatable bonds is 2. The first-order valence-electron chi connectivity index (χ1n) is 4.71. The zero-order valence-electron chi connectivity index (χ0n) is 8.75. The van der Waals surface area contributed by atoms with Gasteiger partial charge in [-0.1, -0.05) is 11.8 Å². The topological polar surface area (TPSA) is 38.9 Å². The van der Waals surface area contributed by atoms with Crippen molar-refractivity contribution in [3.8, 4) is 0 Å². The third kappa shape index (κ3) is 3.02. The van der Waals surface area contributed by atoms with Crippen LogP contribution in [0.2, 0.25) is 0 Å². The van der Waals surface area contributed by atoms with E-state index in [0.717, 1.165) is 28.4 Å². The van der Waals surface area contributed by atoms with Gasteiger partial charge in [0.1, 0.15) is 16.7 Å². The Morgan fingerprint density at radius 1 is 1.11 bits per heavy atom. The highest BCUT2D eigenvalue weighted by molar-refractivity contribution is 9.11. The molecule has 0 fully saturated rings. The first-order chi connectivity index (χ1) is 8.47. The number of nitrogen functional groups attached to an aromatic ring is 1. The minimum absolute atomic E-state index is 0.0529. The Hall–Kier alpha value is -0.660. The lowest BCUT2D eigenvalue weighted by Crippen LogP contribution is -1.94. The second-order valence-corrected chi connectivity index (χ2v) is 6.13. The van der Waals surface area contributed by atoms with Crippen LogP contribution in [0.5, 0.6) is 0 Å². The van der Waals surface area contributed by atoms with E-state index >= 15 is 0 Å². The van der Waals surface area contributed by atoms with E-state index in [9.17, 15) is 8.78 Å². The summed E-state index contributed by atoms with van der Waals surface area (Å²) in [7, 11) is 0. The molecule has 0 aliphatic rings. The normalized spacial score (nSPS) is 10.7. The summed E-state index contributed by atoms with van der Waals surface area (Å²) in [6.45, 7) is 0. The summed E-state index contributed by atoms with van der Waals surface area (Å²) >= 11 is 7.44. The van der Waals surface area contributed by atoms with Crippen LogP contribution in [-0.4, -0.2) is 4.98 Å². The molecule has 2 nitrogen and oxygen atoms in total. The number of nitrogens with two attached hydrogens (primary N) is 1. The van der Waals surface area contributed by atoms with Gasteiger partial charge in [0.15, 0.2) is 0 Å². The molecule has 0 saturated carbocycles. The molecule has 0 spiro atoms. The predicted molar refractivity (Wildman–Crippen MR) is 74.5 cm³/mol. The van der Waals surface area contributed by atoms with E-state index in [0.29, 0.717) is 9.50 Å². The molecule has 0 aliphatic carbocycles. The lowest BCUT2D eigenvalue weighted by molar-refractivity contribution is 0.541. The summed E-state index contributed by atoms with van der Waals surface area (Å²) < 4.78 is 28.7. The van der Waals surface area contributed by atoms with Gasteiger partial charge in [-0.2, -0.15) is 0 Å². The molecule has 0 saturated heterocycles. The molecule has 0 radical (unpaired) electrons. The van der Waals surface area contributed by atoms with E-state index in [4.69, 9.17) is 5.73 Å². The van der Waals surface area contributed by atoms with Crippen molar-refractivity contribution in [2.45, 2.75) is 9.92 Å². The molecule has 7 heteroatoms. The van der Waals surface area contributed by atoms with Crippen molar-refractivity contribution in [3.05, 3.63) is 45.0 Å². The zero-order valence-corrected chi connectivity index (χ0v) is 12.7. The van der Waals surface area contributed by atoms with E-state index in [1.807, 2.05) is 0 Å². The van der Waals surface area contributed by atoms with Gasteiger partial charge in [-0.05, 0) is 50.1 Å². The van der Waals surface area contributed by atoms with Crippen LogP contribution in [0.1, 0.15) is 0 Å². The largest absolute Gasteiger partial charge is 0.399 e. The summed E-state index contributed by atoms with van der Waals surface area (Å²) in [6.07, 6.45) is 1.56. The van der Waals surface area contributed by atoms with Crippen LogP contribution in [0.15, 0.2) is 43.3 Å². The fourth-order valence-corrected chi connectivity index (χ4v) is 3.25. The minimum Gasteiger partial charge on any atom is -0.399 e. The number of pyridine rings is 1. The molecule has 2 N–H and O–H groups in total. The maximum absolute atomic E-state index is 13.6. The van der Waals surface area contributed by atoms with Gasteiger partial charge in [-0.3, -0.25) is 0 Å². The van der Waals surface area contributed by atoms with Crippen LogP contribution in [0.4, 0.5) is 14.5 Å². The number of nitrogens with zero attached hydrogens (tertiary/aromatic N) is 1. The average Bonchev–Trinajstić information content (AvgIpc) is 2.25. The summed E-state index contributed by atoms with van der Waals surface area (Å²) in [5.41, 5.74) is 5.40. The minimum atomic E-state index is -0.700. The molecule has 0 atom stereocenters. The summed E-state index contributed by atoms with van der Waals surface area (Å²) in [5, 5.41) is 0.473. The second kappa shape index (κ2) is 5.54. The van der Waals surface area contributed by atoms with Crippen LogP contribution >= 0.6 is 43.6 Å². The first-order valence-corrected chi connectivity index (χ1v) is 7.11. The standard InChI is InChI=1S/C11H6Br2F2N2S/c12-5-1-7(13)11(17-4-5)18-10-8(14)2-6(16)3-9(10)15/h1-4H,16H2. The van der Waals surface area contributed by atoms with E-state index in [1.165, 1.54) is 0 Å².